The zero-order valence-electron chi connectivity index (χ0n) is 14.6. The maximum atomic E-state index is 2.25. The van der Waals surface area contributed by atoms with Gasteiger partial charge in [0, 0.05) is 17.1 Å². The summed E-state index contributed by atoms with van der Waals surface area (Å²) in [5, 5.41) is 0. The summed E-state index contributed by atoms with van der Waals surface area (Å²) in [7, 11) is 5.72. The van der Waals surface area contributed by atoms with Crippen LogP contribution >= 0.6 is 31.4 Å². The van der Waals surface area contributed by atoms with Crippen molar-refractivity contribution < 1.29 is 17.1 Å². The number of hydrogen-bond acceptors (Lipinski definition) is 3. The standard InChI is InChI=1S/C18H24S3.Fe/c1-9-10(2)14(6)17(13(9)5)19-21-20-18-15(7)11(3)12(4)16(18)8;/h1-8H3;/q-6;. The molecule has 0 saturated heterocycles. The molecule has 128 valence electrons. The van der Waals surface area contributed by atoms with Gasteiger partial charge in [0.05, 0.1) is 0 Å². The summed E-state index contributed by atoms with van der Waals surface area (Å²) in [6.45, 7) is 17.9. The van der Waals surface area contributed by atoms with E-state index < -0.39 is 0 Å². The molecular formula is C18H24FeS3-6. The first-order valence-corrected chi connectivity index (χ1v) is 10.7. The fourth-order valence-electron chi connectivity index (χ4n) is 2.70. The van der Waals surface area contributed by atoms with E-state index in [9.17, 15) is 0 Å². The summed E-state index contributed by atoms with van der Waals surface area (Å²) in [4.78, 5) is 2.91. The summed E-state index contributed by atoms with van der Waals surface area (Å²) in [6, 6.07) is 0. The van der Waals surface area contributed by atoms with Crippen molar-refractivity contribution in [2.75, 3.05) is 0 Å². The maximum Gasteiger partial charge on any atom is 0 e. The molecule has 0 saturated carbocycles. The normalized spacial score (nSPS) is 10.9. The Labute approximate surface area is 157 Å². The van der Waals surface area contributed by atoms with Crippen molar-refractivity contribution in [1.82, 2.24) is 0 Å². The van der Waals surface area contributed by atoms with Gasteiger partial charge in [0.2, 0.25) is 0 Å². The molecule has 0 aliphatic heterocycles. The van der Waals surface area contributed by atoms with E-state index in [-0.39, 0.29) is 17.1 Å². The zero-order valence-corrected chi connectivity index (χ0v) is 18.1. The quantitative estimate of drug-likeness (QED) is 0.311. The Morgan fingerprint density at radius 2 is 1.23 bits per heavy atom. The Kier molecular flexibility index (Phi) is 7.29. The van der Waals surface area contributed by atoms with Crippen molar-refractivity contribution in [3.05, 3.63) is 44.5 Å². The largest absolute Gasteiger partial charge is 0.730 e. The molecule has 4 heteroatoms. The van der Waals surface area contributed by atoms with Crippen LogP contribution in [0.1, 0.15) is 44.5 Å². The molecular weight excluding hydrogens is 368 g/mol. The minimum absolute atomic E-state index is 0. The smallest absolute Gasteiger partial charge is 0 e. The summed E-state index contributed by atoms with van der Waals surface area (Å²) in [6.07, 6.45) is 0. The van der Waals surface area contributed by atoms with Crippen molar-refractivity contribution in [2.45, 2.75) is 65.2 Å². The first-order chi connectivity index (χ1) is 9.77. The van der Waals surface area contributed by atoms with Gasteiger partial charge in [-0.15, -0.1) is 15.7 Å². The molecule has 0 unspecified atom stereocenters. The molecule has 22 heavy (non-hydrogen) atoms. The molecule has 0 amide bonds. The monoisotopic (exact) mass is 392 g/mol. The molecule has 0 bridgehead atoms. The third-order valence-corrected chi connectivity index (χ3v) is 9.30. The summed E-state index contributed by atoms with van der Waals surface area (Å²) >= 11 is 0. The SMILES string of the molecule is Cc1c(SSS[c-]2[c-](C)[c-](C)[c-](C)[c-]2C)c(C)[c-](C)c1C.[Fe]. The Bertz CT molecular complexity index is 568. The average molecular weight is 392 g/mol. The van der Waals surface area contributed by atoms with E-state index in [4.69, 9.17) is 0 Å². The van der Waals surface area contributed by atoms with Crippen molar-refractivity contribution in [1.29, 1.82) is 0 Å². The van der Waals surface area contributed by atoms with Gasteiger partial charge < -0.3 is 37.9 Å². The van der Waals surface area contributed by atoms with Crippen LogP contribution in [0.5, 0.6) is 0 Å². The Morgan fingerprint density at radius 3 is 1.64 bits per heavy atom. The molecule has 0 nitrogen and oxygen atoms in total. The molecule has 0 aliphatic carbocycles. The maximum absolute atomic E-state index is 2.25. The molecule has 0 atom stereocenters. The Hall–Kier alpha value is 0.269. The molecule has 2 aromatic carbocycles. The summed E-state index contributed by atoms with van der Waals surface area (Å²) in [5.41, 5.74) is 11.6. The van der Waals surface area contributed by atoms with E-state index in [1.807, 2.05) is 31.4 Å². The van der Waals surface area contributed by atoms with Crippen molar-refractivity contribution in [3.63, 3.8) is 0 Å². The first-order valence-electron chi connectivity index (χ1n) is 7.24. The average Bonchev–Trinajstić information content (AvgIpc) is 2.76. The number of hydrogen-bond donors (Lipinski definition) is 0. The first kappa shape index (κ1) is 20.3. The minimum Gasteiger partial charge on any atom is -0.730 e. The summed E-state index contributed by atoms with van der Waals surface area (Å²) < 4.78 is 0. The third kappa shape index (κ3) is 3.52. The van der Waals surface area contributed by atoms with Gasteiger partial charge in [0.25, 0.3) is 0 Å². The molecule has 2 aromatic rings. The predicted octanol–water partition coefficient (Wildman–Crippen LogP) is 7.04. The molecule has 2 rings (SSSR count). The van der Waals surface area contributed by atoms with Crippen LogP contribution in [0, 0.1) is 55.4 Å². The minimum atomic E-state index is 0. The van der Waals surface area contributed by atoms with Gasteiger partial charge in [-0.25, -0.2) is 27.7 Å². The van der Waals surface area contributed by atoms with Gasteiger partial charge in [0.1, 0.15) is 0 Å². The van der Waals surface area contributed by atoms with Gasteiger partial charge in [0.15, 0.2) is 0 Å². The van der Waals surface area contributed by atoms with Crippen LogP contribution in [0.3, 0.4) is 0 Å². The predicted molar refractivity (Wildman–Crippen MR) is 101 cm³/mol. The molecule has 0 N–H and O–H groups in total. The van der Waals surface area contributed by atoms with E-state index in [0.29, 0.717) is 0 Å². The van der Waals surface area contributed by atoms with Crippen LogP contribution in [0.15, 0.2) is 9.79 Å². The second kappa shape index (κ2) is 7.89. The molecule has 0 radical (unpaired) electrons. The van der Waals surface area contributed by atoms with Gasteiger partial charge in [-0.3, -0.25) is 0 Å². The van der Waals surface area contributed by atoms with Crippen LogP contribution in [0.25, 0.3) is 0 Å². The second-order valence-corrected chi connectivity index (χ2v) is 9.81. The van der Waals surface area contributed by atoms with E-state index in [1.165, 1.54) is 54.3 Å². The van der Waals surface area contributed by atoms with Crippen molar-refractivity contribution >= 4 is 31.4 Å². The molecule has 0 spiro atoms. The van der Waals surface area contributed by atoms with E-state index in [2.05, 4.69) is 55.4 Å². The Morgan fingerprint density at radius 1 is 0.727 bits per heavy atom. The van der Waals surface area contributed by atoms with E-state index in [0.717, 1.165) is 0 Å². The van der Waals surface area contributed by atoms with E-state index in [1.54, 1.807) is 0 Å². The van der Waals surface area contributed by atoms with Crippen LogP contribution < -0.4 is 0 Å². The molecule has 0 aliphatic rings. The Balaban J connectivity index is 0.00000242. The van der Waals surface area contributed by atoms with Crippen LogP contribution in [0.4, 0.5) is 0 Å². The fourth-order valence-corrected chi connectivity index (χ4v) is 7.53. The zero-order chi connectivity index (χ0) is 15.9. The fraction of sp³-hybridized carbons (Fsp3) is 0.444. The number of rotatable bonds is 4. The molecule has 0 fully saturated rings. The van der Waals surface area contributed by atoms with Crippen LogP contribution in [-0.4, -0.2) is 0 Å². The summed E-state index contributed by atoms with van der Waals surface area (Å²) in [5.74, 6) is 0. The van der Waals surface area contributed by atoms with Crippen LogP contribution in [-0.2, 0) is 17.1 Å². The van der Waals surface area contributed by atoms with Gasteiger partial charge in [-0.2, -0.15) is 22.3 Å². The molecule has 0 heterocycles. The van der Waals surface area contributed by atoms with Gasteiger partial charge >= 0.3 is 0 Å². The van der Waals surface area contributed by atoms with Crippen LogP contribution in [0.2, 0.25) is 0 Å². The molecule has 0 aromatic heterocycles. The van der Waals surface area contributed by atoms with Crippen molar-refractivity contribution in [2.24, 2.45) is 0 Å². The van der Waals surface area contributed by atoms with Crippen molar-refractivity contribution in [3.8, 4) is 0 Å². The van der Waals surface area contributed by atoms with Gasteiger partial charge in [-0.1, -0.05) is 37.5 Å². The van der Waals surface area contributed by atoms with E-state index >= 15 is 0 Å². The third-order valence-electron chi connectivity index (χ3n) is 4.97. The van der Waals surface area contributed by atoms with Gasteiger partial charge in [-0.05, 0) is 0 Å². The topological polar surface area (TPSA) is 0 Å². The second-order valence-electron chi connectivity index (χ2n) is 5.89.